The molecule has 1 amide bonds. The van der Waals surface area contributed by atoms with Gasteiger partial charge in [-0.1, -0.05) is 29.8 Å². The van der Waals surface area contributed by atoms with Gasteiger partial charge in [-0.3, -0.25) is 4.79 Å². The Morgan fingerprint density at radius 2 is 2.28 bits per heavy atom. The maximum atomic E-state index is 12.1. The van der Waals surface area contributed by atoms with Gasteiger partial charge < -0.3 is 9.64 Å². The van der Waals surface area contributed by atoms with E-state index in [-0.39, 0.29) is 11.9 Å². The average Bonchev–Trinajstić information content (AvgIpc) is 2.38. The maximum Gasteiger partial charge on any atom is 0.223 e. The van der Waals surface area contributed by atoms with Gasteiger partial charge in [0.25, 0.3) is 0 Å². The molecule has 1 unspecified atom stereocenters. The van der Waals surface area contributed by atoms with Crippen LogP contribution in [0.3, 0.4) is 0 Å². The molecule has 0 saturated carbocycles. The number of morpholine rings is 1. The van der Waals surface area contributed by atoms with Crippen LogP contribution in [0.1, 0.15) is 18.9 Å². The third-order valence-electron chi connectivity index (χ3n) is 3.25. The molecule has 2 rings (SSSR count). The lowest BCUT2D eigenvalue weighted by Crippen LogP contribution is -2.47. The molecule has 3 nitrogen and oxygen atoms in total. The van der Waals surface area contributed by atoms with Gasteiger partial charge >= 0.3 is 0 Å². The first-order valence-corrected chi connectivity index (χ1v) is 6.67. The van der Waals surface area contributed by atoms with Crippen LogP contribution in [0.5, 0.6) is 0 Å². The highest BCUT2D eigenvalue weighted by Gasteiger charge is 2.23. The topological polar surface area (TPSA) is 29.5 Å². The second-order valence-corrected chi connectivity index (χ2v) is 5.01. The second kappa shape index (κ2) is 6.21. The van der Waals surface area contributed by atoms with Gasteiger partial charge in [0, 0.05) is 18.0 Å². The fourth-order valence-corrected chi connectivity index (χ4v) is 2.41. The van der Waals surface area contributed by atoms with Crippen molar-refractivity contribution in [1.82, 2.24) is 4.90 Å². The number of carbonyl (C=O) groups excluding carboxylic acids is 1. The van der Waals surface area contributed by atoms with Crippen LogP contribution in [0.25, 0.3) is 0 Å². The lowest BCUT2D eigenvalue weighted by molar-refractivity contribution is -0.139. The highest BCUT2D eigenvalue weighted by Crippen LogP contribution is 2.17. The molecule has 1 aromatic carbocycles. The first-order valence-electron chi connectivity index (χ1n) is 6.29. The van der Waals surface area contributed by atoms with Crippen LogP contribution in [0.2, 0.25) is 5.02 Å². The number of benzene rings is 1. The van der Waals surface area contributed by atoms with Crippen molar-refractivity contribution in [2.24, 2.45) is 0 Å². The van der Waals surface area contributed by atoms with Crippen LogP contribution >= 0.6 is 11.6 Å². The molecular formula is C14H18ClNO2. The normalized spacial score (nSPS) is 19.9. The molecule has 1 aliphatic rings. The molecule has 1 fully saturated rings. The molecule has 4 heteroatoms. The number of hydrogen-bond donors (Lipinski definition) is 0. The van der Waals surface area contributed by atoms with Crippen molar-refractivity contribution in [3.63, 3.8) is 0 Å². The van der Waals surface area contributed by atoms with E-state index in [0.29, 0.717) is 32.6 Å². The zero-order valence-corrected chi connectivity index (χ0v) is 11.3. The Bertz CT molecular complexity index is 422. The summed E-state index contributed by atoms with van der Waals surface area (Å²) in [4.78, 5) is 14.0. The van der Waals surface area contributed by atoms with Crippen molar-refractivity contribution < 1.29 is 9.53 Å². The van der Waals surface area contributed by atoms with Crippen molar-refractivity contribution in [3.05, 3.63) is 34.9 Å². The number of ether oxygens (including phenoxy) is 1. The minimum Gasteiger partial charge on any atom is -0.377 e. The Morgan fingerprint density at radius 1 is 1.50 bits per heavy atom. The van der Waals surface area contributed by atoms with E-state index < -0.39 is 0 Å². The Labute approximate surface area is 113 Å². The first-order chi connectivity index (χ1) is 8.68. The zero-order valence-electron chi connectivity index (χ0n) is 10.6. The number of amides is 1. The zero-order chi connectivity index (χ0) is 13.0. The summed E-state index contributed by atoms with van der Waals surface area (Å²) >= 11 is 6.08. The Hall–Kier alpha value is -1.06. The van der Waals surface area contributed by atoms with Crippen LogP contribution in [-0.4, -0.2) is 36.6 Å². The number of halogens is 1. The molecule has 1 saturated heterocycles. The lowest BCUT2D eigenvalue weighted by Gasteiger charge is -2.33. The number of rotatable bonds is 3. The van der Waals surface area contributed by atoms with Gasteiger partial charge in [0.1, 0.15) is 0 Å². The predicted octanol–water partition coefficient (Wildman–Crippen LogP) is 2.52. The van der Waals surface area contributed by atoms with E-state index in [1.165, 1.54) is 0 Å². The minimum absolute atomic E-state index is 0.178. The van der Waals surface area contributed by atoms with Gasteiger partial charge in [-0.25, -0.2) is 0 Å². The summed E-state index contributed by atoms with van der Waals surface area (Å²) in [6, 6.07) is 7.86. The van der Waals surface area contributed by atoms with Crippen molar-refractivity contribution >= 4 is 17.5 Å². The molecule has 0 aromatic heterocycles. The predicted molar refractivity (Wildman–Crippen MR) is 71.8 cm³/mol. The third-order valence-corrected chi connectivity index (χ3v) is 3.62. The van der Waals surface area contributed by atoms with Crippen LogP contribution in [0.15, 0.2) is 24.3 Å². The van der Waals surface area contributed by atoms with E-state index in [4.69, 9.17) is 16.3 Å². The van der Waals surface area contributed by atoms with Crippen molar-refractivity contribution in [2.45, 2.75) is 25.8 Å². The minimum atomic E-state index is 0.178. The molecule has 0 radical (unpaired) electrons. The summed E-state index contributed by atoms with van der Waals surface area (Å²) in [7, 11) is 0. The standard InChI is InChI=1S/C14H18ClNO2/c1-11-10-18-9-8-16(11)14(17)7-6-12-4-2-3-5-13(12)15/h2-5,11H,6-10H2,1H3. The van der Waals surface area contributed by atoms with Crippen LogP contribution in [0, 0.1) is 0 Å². The van der Waals surface area contributed by atoms with Gasteiger partial charge in [-0.15, -0.1) is 0 Å². The summed E-state index contributed by atoms with van der Waals surface area (Å²) < 4.78 is 5.33. The number of aryl methyl sites for hydroxylation is 1. The molecule has 1 aromatic rings. The largest absolute Gasteiger partial charge is 0.377 e. The van der Waals surface area contributed by atoms with Gasteiger partial charge in [0.05, 0.1) is 19.3 Å². The molecule has 0 aliphatic carbocycles. The Morgan fingerprint density at radius 3 is 3.00 bits per heavy atom. The van der Waals surface area contributed by atoms with Crippen molar-refractivity contribution in [3.8, 4) is 0 Å². The van der Waals surface area contributed by atoms with Crippen molar-refractivity contribution in [1.29, 1.82) is 0 Å². The smallest absolute Gasteiger partial charge is 0.223 e. The maximum absolute atomic E-state index is 12.1. The molecular weight excluding hydrogens is 250 g/mol. The Balaban J connectivity index is 1.90. The highest BCUT2D eigenvalue weighted by molar-refractivity contribution is 6.31. The van der Waals surface area contributed by atoms with Gasteiger partial charge in [0.15, 0.2) is 0 Å². The Kier molecular flexibility index (Phi) is 4.61. The fourth-order valence-electron chi connectivity index (χ4n) is 2.18. The fraction of sp³-hybridized carbons (Fsp3) is 0.500. The SMILES string of the molecule is CC1COCCN1C(=O)CCc1ccccc1Cl. The molecule has 18 heavy (non-hydrogen) atoms. The number of carbonyl (C=O) groups is 1. The third kappa shape index (κ3) is 3.24. The highest BCUT2D eigenvalue weighted by atomic mass is 35.5. The summed E-state index contributed by atoms with van der Waals surface area (Å²) in [5, 5.41) is 0.736. The van der Waals surface area contributed by atoms with E-state index in [2.05, 4.69) is 0 Å². The van der Waals surface area contributed by atoms with E-state index in [1.807, 2.05) is 36.1 Å². The van der Waals surface area contributed by atoms with E-state index in [9.17, 15) is 4.79 Å². The first kappa shape index (κ1) is 13.4. The monoisotopic (exact) mass is 267 g/mol. The summed E-state index contributed by atoms with van der Waals surface area (Å²) in [6.07, 6.45) is 1.21. The molecule has 98 valence electrons. The van der Waals surface area contributed by atoms with E-state index >= 15 is 0 Å². The quantitative estimate of drug-likeness (QED) is 0.842. The summed E-state index contributed by atoms with van der Waals surface area (Å²) in [5.74, 6) is 0.186. The van der Waals surface area contributed by atoms with Gasteiger partial charge in [-0.05, 0) is 25.0 Å². The summed E-state index contributed by atoms with van der Waals surface area (Å²) in [5.41, 5.74) is 1.04. The number of hydrogen-bond acceptors (Lipinski definition) is 2. The summed E-state index contributed by atoms with van der Waals surface area (Å²) in [6.45, 7) is 4.00. The van der Waals surface area contributed by atoms with Crippen molar-refractivity contribution in [2.75, 3.05) is 19.8 Å². The van der Waals surface area contributed by atoms with Crippen LogP contribution in [0.4, 0.5) is 0 Å². The molecule has 1 atom stereocenters. The lowest BCUT2D eigenvalue weighted by atomic mass is 10.1. The second-order valence-electron chi connectivity index (χ2n) is 4.60. The molecule has 0 spiro atoms. The van der Waals surface area contributed by atoms with E-state index in [0.717, 1.165) is 10.6 Å². The number of nitrogens with zero attached hydrogens (tertiary/aromatic N) is 1. The molecule has 0 bridgehead atoms. The van der Waals surface area contributed by atoms with Gasteiger partial charge in [-0.2, -0.15) is 0 Å². The average molecular weight is 268 g/mol. The molecule has 0 N–H and O–H groups in total. The van der Waals surface area contributed by atoms with Crippen LogP contribution in [-0.2, 0) is 16.0 Å². The molecule has 1 aliphatic heterocycles. The van der Waals surface area contributed by atoms with Crippen LogP contribution < -0.4 is 0 Å². The van der Waals surface area contributed by atoms with Gasteiger partial charge in [0.2, 0.25) is 5.91 Å². The molecule has 1 heterocycles. The van der Waals surface area contributed by atoms with E-state index in [1.54, 1.807) is 0 Å².